The zero-order valence-corrected chi connectivity index (χ0v) is 10.9. The molecule has 1 aromatic carbocycles. The first kappa shape index (κ1) is 13.0. The third-order valence-electron chi connectivity index (χ3n) is 2.90. The number of ketones is 1. The Kier molecular flexibility index (Phi) is 3.42. The van der Waals surface area contributed by atoms with Crippen LogP contribution in [0, 0.1) is 0 Å². The van der Waals surface area contributed by atoms with Crippen molar-refractivity contribution in [2.45, 2.75) is 0 Å². The first-order chi connectivity index (χ1) is 10.2. The molecule has 3 rings (SSSR count). The lowest BCUT2D eigenvalue weighted by Gasteiger charge is -2.04. The van der Waals surface area contributed by atoms with Crippen molar-refractivity contribution in [2.24, 2.45) is 0 Å². The number of fused-ring (bicyclic) bond motifs is 1. The monoisotopic (exact) mass is 282 g/mol. The van der Waals surface area contributed by atoms with Crippen molar-refractivity contribution < 1.29 is 18.7 Å². The van der Waals surface area contributed by atoms with Crippen LogP contribution in [0.4, 0.5) is 0 Å². The van der Waals surface area contributed by atoms with E-state index in [0.717, 1.165) is 0 Å². The fraction of sp³-hybridized carbons (Fsp3) is 0.0667. The molecule has 0 amide bonds. The van der Waals surface area contributed by atoms with E-state index in [-0.39, 0.29) is 12.4 Å². The number of rotatable bonds is 4. The van der Waals surface area contributed by atoms with Crippen LogP contribution in [0.15, 0.2) is 53.5 Å². The average Bonchev–Trinajstić information content (AvgIpc) is 3.00. The van der Waals surface area contributed by atoms with Gasteiger partial charge in [0.15, 0.2) is 24.4 Å². The molecule has 6 nitrogen and oxygen atoms in total. The summed E-state index contributed by atoms with van der Waals surface area (Å²) in [7, 11) is 0. The molecular weight excluding hydrogens is 272 g/mol. The van der Waals surface area contributed by atoms with Crippen molar-refractivity contribution in [2.75, 3.05) is 6.61 Å². The molecule has 0 N–H and O–H groups in total. The van der Waals surface area contributed by atoms with Gasteiger partial charge in [0.05, 0.1) is 5.56 Å². The Bertz CT molecular complexity index is 796. The number of hydrogen-bond donors (Lipinski definition) is 0. The fourth-order valence-corrected chi connectivity index (χ4v) is 1.82. The van der Waals surface area contributed by atoms with Crippen LogP contribution in [0.25, 0.3) is 11.1 Å². The van der Waals surface area contributed by atoms with Gasteiger partial charge in [-0.15, -0.1) is 0 Å². The van der Waals surface area contributed by atoms with Gasteiger partial charge in [0.2, 0.25) is 0 Å². The first-order valence-electron chi connectivity index (χ1n) is 6.17. The van der Waals surface area contributed by atoms with Crippen LogP contribution in [-0.2, 0) is 4.74 Å². The number of carbonyl (C=O) groups excluding carboxylic acids is 2. The summed E-state index contributed by atoms with van der Waals surface area (Å²) in [6.45, 7) is -0.322. The Morgan fingerprint density at radius 2 is 1.90 bits per heavy atom. The molecule has 0 aliphatic carbocycles. The number of oxazole rings is 1. The molecule has 0 atom stereocenters. The number of esters is 1. The lowest BCUT2D eigenvalue weighted by atomic mass is 10.2. The highest BCUT2D eigenvalue weighted by atomic mass is 16.5. The van der Waals surface area contributed by atoms with Gasteiger partial charge in [0.25, 0.3) is 0 Å². The fourth-order valence-electron chi connectivity index (χ4n) is 1.82. The van der Waals surface area contributed by atoms with E-state index in [2.05, 4.69) is 9.97 Å². The second-order valence-electron chi connectivity index (χ2n) is 4.27. The average molecular weight is 282 g/mol. The van der Waals surface area contributed by atoms with Gasteiger partial charge in [-0.25, -0.2) is 9.78 Å². The number of ether oxygens (including phenoxy) is 1. The van der Waals surface area contributed by atoms with Crippen LogP contribution in [0.5, 0.6) is 0 Å². The highest BCUT2D eigenvalue weighted by Gasteiger charge is 2.13. The van der Waals surface area contributed by atoms with E-state index in [9.17, 15) is 9.59 Å². The van der Waals surface area contributed by atoms with Gasteiger partial charge in [0, 0.05) is 18.0 Å². The SMILES string of the molecule is O=C(COC(=O)c1ccc2ncoc2c1)c1ccncc1. The van der Waals surface area contributed by atoms with E-state index < -0.39 is 5.97 Å². The Morgan fingerprint density at radius 1 is 1.10 bits per heavy atom. The standard InChI is InChI=1S/C15H10N2O4/c18-13(10-3-5-16-6-4-10)8-20-15(19)11-1-2-12-14(7-11)21-9-17-12/h1-7,9H,8H2. The Balaban J connectivity index is 1.67. The second kappa shape index (κ2) is 5.54. The summed E-state index contributed by atoms with van der Waals surface area (Å²) >= 11 is 0. The van der Waals surface area contributed by atoms with Crippen molar-refractivity contribution in [3.05, 3.63) is 60.2 Å². The van der Waals surface area contributed by atoms with Gasteiger partial charge >= 0.3 is 5.97 Å². The summed E-state index contributed by atoms with van der Waals surface area (Å²) in [4.78, 5) is 31.5. The van der Waals surface area contributed by atoms with Gasteiger partial charge < -0.3 is 9.15 Å². The van der Waals surface area contributed by atoms with Crippen LogP contribution in [0.3, 0.4) is 0 Å². The Labute approximate surface area is 119 Å². The van der Waals surface area contributed by atoms with Gasteiger partial charge in [-0.3, -0.25) is 9.78 Å². The van der Waals surface area contributed by atoms with Crippen LogP contribution in [-0.4, -0.2) is 28.3 Å². The van der Waals surface area contributed by atoms with Gasteiger partial charge in [-0.2, -0.15) is 0 Å². The molecule has 104 valence electrons. The number of carbonyl (C=O) groups is 2. The number of Topliss-reactive ketones (excluding diaryl/α,β-unsaturated/α-hetero) is 1. The largest absolute Gasteiger partial charge is 0.454 e. The molecule has 0 aliphatic heterocycles. The van der Waals surface area contributed by atoms with Crippen molar-refractivity contribution in [3.63, 3.8) is 0 Å². The molecule has 2 heterocycles. The highest BCUT2D eigenvalue weighted by Crippen LogP contribution is 2.15. The van der Waals surface area contributed by atoms with Crippen molar-refractivity contribution in [3.8, 4) is 0 Å². The number of benzene rings is 1. The second-order valence-corrected chi connectivity index (χ2v) is 4.27. The maximum absolute atomic E-state index is 11.9. The lowest BCUT2D eigenvalue weighted by molar-refractivity contribution is 0.0475. The molecule has 0 unspecified atom stereocenters. The summed E-state index contributed by atoms with van der Waals surface area (Å²) in [5.41, 5.74) is 1.90. The smallest absolute Gasteiger partial charge is 0.338 e. The molecule has 0 spiro atoms. The van der Waals surface area contributed by atoms with E-state index in [1.165, 1.54) is 24.9 Å². The van der Waals surface area contributed by atoms with Crippen LogP contribution in [0.2, 0.25) is 0 Å². The zero-order chi connectivity index (χ0) is 14.7. The molecular formula is C15H10N2O4. The third-order valence-corrected chi connectivity index (χ3v) is 2.90. The third kappa shape index (κ3) is 2.79. The van der Waals surface area contributed by atoms with Crippen LogP contribution < -0.4 is 0 Å². The van der Waals surface area contributed by atoms with Crippen molar-refractivity contribution in [1.29, 1.82) is 0 Å². The Morgan fingerprint density at radius 3 is 2.71 bits per heavy atom. The molecule has 6 heteroatoms. The van der Waals surface area contributed by atoms with Crippen LogP contribution >= 0.6 is 0 Å². The molecule has 2 aromatic heterocycles. The van der Waals surface area contributed by atoms with Gasteiger partial charge in [-0.05, 0) is 30.3 Å². The predicted octanol–water partition coefficient (Wildman–Crippen LogP) is 2.26. The lowest BCUT2D eigenvalue weighted by Crippen LogP contribution is -2.14. The Hall–Kier alpha value is -3.02. The normalized spacial score (nSPS) is 10.5. The number of hydrogen-bond acceptors (Lipinski definition) is 6. The molecule has 0 saturated heterocycles. The van der Waals surface area contributed by atoms with Crippen molar-refractivity contribution >= 4 is 22.9 Å². The van der Waals surface area contributed by atoms with E-state index in [4.69, 9.17) is 9.15 Å². The molecule has 3 aromatic rings. The first-order valence-corrected chi connectivity index (χ1v) is 6.17. The maximum Gasteiger partial charge on any atom is 0.338 e. The molecule has 0 fully saturated rings. The minimum Gasteiger partial charge on any atom is -0.454 e. The summed E-state index contributed by atoms with van der Waals surface area (Å²) in [6, 6.07) is 7.89. The van der Waals surface area contributed by atoms with E-state index in [1.807, 2.05) is 0 Å². The highest BCUT2D eigenvalue weighted by molar-refractivity contribution is 5.99. The number of aromatic nitrogens is 2. The summed E-state index contributed by atoms with van der Waals surface area (Å²) in [6.07, 6.45) is 4.31. The molecule has 0 aliphatic rings. The summed E-state index contributed by atoms with van der Waals surface area (Å²) < 4.78 is 10.1. The topological polar surface area (TPSA) is 82.3 Å². The molecule has 21 heavy (non-hydrogen) atoms. The molecule has 0 saturated carbocycles. The summed E-state index contributed by atoms with van der Waals surface area (Å²) in [5.74, 6) is -0.873. The minimum absolute atomic E-state index is 0.286. The number of pyridine rings is 1. The predicted molar refractivity (Wildman–Crippen MR) is 72.9 cm³/mol. The molecule has 0 radical (unpaired) electrons. The van der Waals surface area contributed by atoms with E-state index >= 15 is 0 Å². The maximum atomic E-state index is 11.9. The quantitative estimate of drug-likeness (QED) is 0.539. The van der Waals surface area contributed by atoms with E-state index in [0.29, 0.717) is 22.2 Å². The minimum atomic E-state index is -0.587. The molecule has 0 bridgehead atoms. The van der Waals surface area contributed by atoms with Gasteiger partial charge in [0.1, 0.15) is 5.52 Å². The van der Waals surface area contributed by atoms with Crippen LogP contribution in [0.1, 0.15) is 20.7 Å². The van der Waals surface area contributed by atoms with E-state index in [1.54, 1.807) is 24.3 Å². The van der Waals surface area contributed by atoms with Gasteiger partial charge in [-0.1, -0.05) is 0 Å². The summed E-state index contributed by atoms with van der Waals surface area (Å²) in [5, 5.41) is 0. The number of nitrogens with zero attached hydrogens (tertiary/aromatic N) is 2. The van der Waals surface area contributed by atoms with Crippen molar-refractivity contribution in [1.82, 2.24) is 9.97 Å². The zero-order valence-electron chi connectivity index (χ0n) is 10.9.